The van der Waals surface area contributed by atoms with E-state index in [2.05, 4.69) is 181 Å². The maximum atomic E-state index is 2.51. The van der Waals surface area contributed by atoms with Crippen LogP contribution < -0.4 is 4.90 Å². The molecule has 0 unspecified atom stereocenters. The second-order valence-electron chi connectivity index (χ2n) is 12.5. The predicted octanol–water partition coefficient (Wildman–Crippen LogP) is 13.8. The van der Waals surface area contributed by atoms with E-state index in [9.17, 15) is 0 Å². The van der Waals surface area contributed by atoms with Gasteiger partial charge in [-0.15, -0.1) is 11.3 Å². The fourth-order valence-corrected chi connectivity index (χ4v) is 8.77. The average Bonchev–Trinajstić information content (AvgIpc) is 3.52. The first-order valence-electron chi connectivity index (χ1n) is 16.4. The summed E-state index contributed by atoms with van der Waals surface area (Å²) < 4.78 is 2.63. The van der Waals surface area contributed by atoms with Crippen molar-refractivity contribution in [3.8, 4) is 11.1 Å². The normalized spacial score (nSPS) is 11.8. The molecule has 0 saturated heterocycles. The Morgan fingerprint density at radius 1 is 0.333 bits per heavy atom. The van der Waals surface area contributed by atoms with Crippen molar-refractivity contribution in [2.24, 2.45) is 0 Å². The number of fused-ring (bicyclic) bond motifs is 9. The Kier molecular flexibility index (Phi) is 6.12. The molecule has 48 heavy (non-hydrogen) atoms. The largest absolute Gasteiger partial charge is 0.309 e. The van der Waals surface area contributed by atoms with Gasteiger partial charge in [-0.2, -0.15) is 0 Å². The number of rotatable bonds is 4. The molecule has 0 bridgehead atoms. The Morgan fingerprint density at radius 3 is 1.90 bits per heavy atom. The van der Waals surface area contributed by atoms with E-state index in [1.54, 1.807) is 0 Å². The third-order valence-corrected chi connectivity index (χ3v) is 10.9. The smallest absolute Gasteiger partial charge is 0.0546 e. The maximum absolute atomic E-state index is 2.51. The number of para-hydroxylation sites is 1. The van der Waals surface area contributed by atoms with Gasteiger partial charge in [-0.05, 0) is 74.3 Å². The van der Waals surface area contributed by atoms with E-state index >= 15 is 0 Å². The molecule has 10 aromatic rings. The van der Waals surface area contributed by atoms with Crippen molar-refractivity contribution in [1.29, 1.82) is 0 Å². The highest BCUT2D eigenvalue weighted by molar-refractivity contribution is 7.25. The van der Waals surface area contributed by atoms with Gasteiger partial charge in [0.15, 0.2) is 0 Å². The fourth-order valence-electron chi connectivity index (χ4n) is 7.64. The third-order valence-electron chi connectivity index (χ3n) is 9.79. The highest BCUT2D eigenvalue weighted by Gasteiger charge is 2.23. The van der Waals surface area contributed by atoms with Crippen molar-refractivity contribution in [3.63, 3.8) is 0 Å². The zero-order valence-electron chi connectivity index (χ0n) is 26.1. The Bertz CT molecular complexity index is 2850. The summed E-state index contributed by atoms with van der Waals surface area (Å²) in [5, 5.41) is 12.7. The molecule has 0 spiro atoms. The Labute approximate surface area is 282 Å². The first kappa shape index (κ1) is 27.2. The Hall–Kier alpha value is -5.96. The van der Waals surface area contributed by atoms with Gasteiger partial charge in [-0.1, -0.05) is 140 Å². The van der Waals surface area contributed by atoms with Gasteiger partial charge in [0.25, 0.3) is 0 Å². The summed E-state index contributed by atoms with van der Waals surface area (Å²) in [7, 11) is 0. The number of hydrogen-bond acceptors (Lipinski definition) is 2. The third kappa shape index (κ3) is 4.17. The van der Waals surface area contributed by atoms with Gasteiger partial charge in [0.2, 0.25) is 0 Å². The molecule has 0 atom stereocenters. The molecule has 0 radical (unpaired) electrons. The first-order chi connectivity index (χ1) is 23.8. The van der Waals surface area contributed by atoms with Crippen LogP contribution in [0, 0.1) is 0 Å². The van der Waals surface area contributed by atoms with Gasteiger partial charge in [-0.25, -0.2) is 0 Å². The molecule has 0 amide bonds. The molecule has 1 nitrogen and oxygen atoms in total. The molecule has 0 saturated carbocycles. The van der Waals surface area contributed by atoms with E-state index in [-0.39, 0.29) is 0 Å². The lowest BCUT2D eigenvalue weighted by atomic mass is 9.93. The maximum Gasteiger partial charge on any atom is 0.0546 e. The minimum absolute atomic E-state index is 1.15. The highest BCUT2D eigenvalue weighted by atomic mass is 32.1. The quantitative estimate of drug-likeness (QED) is 0.176. The number of anilines is 3. The van der Waals surface area contributed by atoms with Crippen molar-refractivity contribution >= 4 is 91.7 Å². The van der Waals surface area contributed by atoms with Gasteiger partial charge in [0.1, 0.15) is 0 Å². The van der Waals surface area contributed by atoms with Gasteiger partial charge < -0.3 is 4.90 Å². The minimum atomic E-state index is 1.15. The zero-order valence-corrected chi connectivity index (χ0v) is 26.9. The fraction of sp³-hybridized carbons (Fsp3) is 0. The number of nitrogens with zero attached hydrogens (tertiary/aromatic N) is 1. The predicted molar refractivity (Wildman–Crippen MR) is 209 cm³/mol. The van der Waals surface area contributed by atoms with Crippen molar-refractivity contribution in [1.82, 2.24) is 0 Å². The van der Waals surface area contributed by atoms with Crippen molar-refractivity contribution in [2.45, 2.75) is 0 Å². The number of hydrogen-bond donors (Lipinski definition) is 0. The lowest BCUT2D eigenvalue weighted by Crippen LogP contribution is -2.12. The SMILES string of the molecule is c1ccc(-c2ccccc2N(c2cccc3cc4c(cc23)sc2ccccc24)c2cc3ccc4ccccc4c3c3ccccc23)cc1. The van der Waals surface area contributed by atoms with Gasteiger partial charge in [0, 0.05) is 36.5 Å². The molecule has 2 heteroatoms. The minimum Gasteiger partial charge on any atom is -0.309 e. The molecular weight excluding hydrogens is 599 g/mol. The van der Waals surface area contributed by atoms with E-state index in [0.29, 0.717) is 0 Å². The van der Waals surface area contributed by atoms with E-state index in [0.717, 1.165) is 5.69 Å². The molecule has 1 aromatic heterocycles. The van der Waals surface area contributed by atoms with Crippen LogP contribution >= 0.6 is 11.3 Å². The summed E-state index contributed by atoms with van der Waals surface area (Å²) in [6.45, 7) is 0. The van der Waals surface area contributed by atoms with Crippen LogP contribution in [0.3, 0.4) is 0 Å². The first-order valence-corrected chi connectivity index (χ1v) is 17.3. The molecule has 0 aliphatic heterocycles. The summed E-state index contributed by atoms with van der Waals surface area (Å²) in [6.07, 6.45) is 0. The van der Waals surface area contributed by atoms with Crippen LogP contribution in [0.25, 0.3) is 74.4 Å². The summed E-state index contributed by atoms with van der Waals surface area (Å²) in [6, 6.07) is 64.6. The van der Waals surface area contributed by atoms with E-state index in [4.69, 9.17) is 0 Å². The van der Waals surface area contributed by atoms with Crippen molar-refractivity contribution < 1.29 is 0 Å². The summed E-state index contributed by atoms with van der Waals surface area (Å²) in [5.74, 6) is 0. The van der Waals surface area contributed by atoms with E-state index in [1.807, 2.05) is 11.3 Å². The van der Waals surface area contributed by atoms with Crippen LogP contribution in [-0.2, 0) is 0 Å². The summed E-state index contributed by atoms with van der Waals surface area (Å²) in [4.78, 5) is 2.51. The number of thiophene rings is 1. The zero-order chi connectivity index (χ0) is 31.6. The molecule has 224 valence electrons. The lowest BCUT2D eigenvalue weighted by molar-refractivity contribution is 1.32. The molecular formula is C46H29NS. The second kappa shape index (κ2) is 10.8. The summed E-state index contributed by atoms with van der Waals surface area (Å²) >= 11 is 1.88. The van der Waals surface area contributed by atoms with E-state index < -0.39 is 0 Å². The summed E-state index contributed by atoms with van der Waals surface area (Å²) in [5.41, 5.74) is 5.88. The molecule has 0 aliphatic rings. The molecule has 10 rings (SSSR count). The van der Waals surface area contributed by atoms with Crippen LogP contribution in [0.4, 0.5) is 17.1 Å². The van der Waals surface area contributed by atoms with Crippen LogP contribution in [-0.4, -0.2) is 0 Å². The topological polar surface area (TPSA) is 3.24 Å². The molecule has 0 fully saturated rings. The van der Waals surface area contributed by atoms with Gasteiger partial charge >= 0.3 is 0 Å². The van der Waals surface area contributed by atoms with Gasteiger partial charge in [-0.3, -0.25) is 0 Å². The second-order valence-corrected chi connectivity index (χ2v) is 13.6. The van der Waals surface area contributed by atoms with Gasteiger partial charge in [0.05, 0.1) is 17.1 Å². The van der Waals surface area contributed by atoms with E-state index in [1.165, 1.54) is 85.8 Å². The van der Waals surface area contributed by atoms with Crippen molar-refractivity contribution in [3.05, 3.63) is 176 Å². The molecule has 1 heterocycles. The standard InChI is InChI=1S/C46H29NS/c1-2-13-30(14-3-1)34-17-8-10-22-41(34)47(42-23-12-16-32-27-40-37-20-9-11-24-44(37)48-45(40)29-39(32)42)43-28-33-26-25-31-15-4-5-18-35(31)46(33)38-21-7-6-19-36(38)43/h1-29H. The highest BCUT2D eigenvalue weighted by Crippen LogP contribution is 2.49. The Morgan fingerprint density at radius 2 is 1.00 bits per heavy atom. The monoisotopic (exact) mass is 627 g/mol. The van der Waals surface area contributed by atoms with Crippen LogP contribution in [0.15, 0.2) is 176 Å². The average molecular weight is 628 g/mol. The van der Waals surface area contributed by atoms with Crippen molar-refractivity contribution in [2.75, 3.05) is 4.90 Å². The molecule has 0 N–H and O–H groups in total. The molecule has 0 aliphatic carbocycles. The molecule has 9 aromatic carbocycles. The number of benzene rings is 9. The van der Waals surface area contributed by atoms with Crippen LogP contribution in [0.2, 0.25) is 0 Å². The van der Waals surface area contributed by atoms with Crippen LogP contribution in [0.1, 0.15) is 0 Å². The Balaban J connectivity index is 1.34. The van der Waals surface area contributed by atoms with Crippen LogP contribution in [0.5, 0.6) is 0 Å². The lowest BCUT2D eigenvalue weighted by Gasteiger charge is -2.30.